The Balaban J connectivity index is 2.39. The number of sulfonamides is 1. The molecule has 7 nitrogen and oxygen atoms in total. The molecule has 1 aromatic heterocycles. The number of thiophene rings is 1. The summed E-state index contributed by atoms with van der Waals surface area (Å²) in [5.41, 5.74) is 0. The van der Waals surface area contributed by atoms with Crippen LogP contribution < -0.4 is 5.32 Å². The Morgan fingerprint density at radius 1 is 1.37 bits per heavy atom. The van der Waals surface area contributed by atoms with Crippen molar-refractivity contribution in [3.8, 4) is 0 Å². The molecule has 0 aliphatic carbocycles. The zero-order chi connectivity index (χ0) is 14.1. The molecule has 2 heterocycles. The monoisotopic (exact) mass is 324 g/mol. The van der Waals surface area contributed by atoms with Gasteiger partial charge in [-0.3, -0.25) is 0 Å². The van der Waals surface area contributed by atoms with E-state index < -0.39 is 25.7 Å². The van der Waals surface area contributed by atoms with Crippen molar-refractivity contribution < 1.29 is 22.5 Å². The first-order valence-corrected chi connectivity index (χ1v) is 9.46. The molecular weight excluding hydrogens is 312 g/mol. The molecule has 1 aliphatic heterocycles. The summed E-state index contributed by atoms with van der Waals surface area (Å²) in [5.74, 6) is -0.829. The Hall–Kier alpha value is -0.970. The van der Waals surface area contributed by atoms with E-state index in [2.05, 4.69) is 9.08 Å². The molecule has 0 atom stereocenters. The normalized spacial score (nSPS) is 18.9. The standard InChI is InChI=1S/C9H12N2O5S3/c12-9(13)7-1-2-8(17-7)19(15,16)11-18(14)5-3-10-4-6-18/h1-2,10H,3-6H2,(H,12,13). The van der Waals surface area contributed by atoms with Gasteiger partial charge >= 0.3 is 5.97 Å². The van der Waals surface area contributed by atoms with Crippen LogP contribution >= 0.6 is 11.3 Å². The van der Waals surface area contributed by atoms with Crippen LogP contribution in [0.15, 0.2) is 20.1 Å². The van der Waals surface area contributed by atoms with Crippen molar-refractivity contribution in [1.29, 1.82) is 0 Å². The average molecular weight is 324 g/mol. The molecule has 1 aliphatic rings. The molecule has 0 unspecified atom stereocenters. The van der Waals surface area contributed by atoms with Crippen LogP contribution in [0.2, 0.25) is 0 Å². The molecule has 19 heavy (non-hydrogen) atoms. The number of carbonyl (C=O) groups is 1. The Morgan fingerprint density at radius 3 is 2.53 bits per heavy atom. The number of rotatable bonds is 3. The Morgan fingerprint density at radius 2 is 2.00 bits per heavy atom. The predicted molar refractivity (Wildman–Crippen MR) is 71.6 cm³/mol. The lowest BCUT2D eigenvalue weighted by atomic mass is 10.5. The van der Waals surface area contributed by atoms with Crippen LogP contribution in [0.3, 0.4) is 0 Å². The summed E-state index contributed by atoms with van der Waals surface area (Å²) in [6.07, 6.45) is 0. The van der Waals surface area contributed by atoms with Gasteiger partial charge in [-0.2, -0.15) is 8.42 Å². The molecule has 0 spiro atoms. The summed E-state index contributed by atoms with van der Waals surface area (Å²) in [6, 6.07) is 2.38. The Kier molecular flexibility index (Phi) is 3.95. The third kappa shape index (κ3) is 3.32. The van der Waals surface area contributed by atoms with E-state index in [9.17, 15) is 17.4 Å². The minimum absolute atomic E-state index is 0.0889. The number of hydrogen-bond donors (Lipinski definition) is 2. The molecule has 0 bridgehead atoms. The molecule has 1 fully saturated rings. The largest absolute Gasteiger partial charge is 0.477 e. The summed E-state index contributed by atoms with van der Waals surface area (Å²) in [4.78, 5) is 10.6. The smallest absolute Gasteiger partial charge is 0.345 e. The number of hydrogen-bond acceptors (Lipinski definition) is 6. The zero-order valence-electron chi connectivity index (χ0n) is 9.74. The van der Waals surface area contributed by atoms with Gasteiger partial charge in [-0.15, -0.1) is 15.1 Å². The topological polar surface area (TPSA) is 113 Å². The quantitative estimate of drug-likeness (QED) is 0.821. The van der Waals surface area contributed by atoms with Gasteiger partial charge in [-0.25, -0.2) is 9.00 Å². The summed E-state index contributed by atoms with van der Waals surface area (Å²) in [6.45, 7) is 0.922. The van der Waals surface area contributed by atoms with E-state index in [4.69, 9.17) is 5.11 Å². The fourth-order valence-corrected chi connectivity index (χ4v) is 6.79. The van der Waals surface area contributed by atoms with Crippen LogP contribution in [0.4, 0.5) is 0 Å². The van der Waals surface area contributed by atoms with E-state index in [1.807, 2.05) is 0 Å². The second-order valence-corrected chi connectivity index (χ2v) is 9.59. The van der Waals surface area contributed by atoms with Crippen LogP contribution in [0.5, 0.6) is 0 Å². The fourth-order valence-electron chi connectivity index (χ4n) is 1.55. The second-order valence-electron chi connectivity index (χ2n) is 3.90. The summed E-state index contributed by atoms with van der Waals surface area (Å²) < 4.78 is 39.6. The van der Waals surface area contributed by atoms with Crippen molar-refractivity contribution in [3.05, 3.63) is 17.0 Å². The lowest BCUT2D eigenvalue weighted by molar-refractivity contribution is 0.0702. The van der Waals surface area contributed by atoms with E-state index in [0.29, 0.717) is 24.4 Å². The first-order valence-electron chi connectivity index (χ1n) is 5.35. The van der Waals surface area contributed by atoms with Crippen LogP contribution in [-0.4, -0.2) is 48.3 Å². The van der Waals surface area contributed by atoms with Gasteiger partial charge in [-0.1, -0.05) is 0 Å². The van der Waals surface area contributed by atoms with Gasteiger partial charge < -0.3 is 10.4 Å². The number of aromatic carboxylic acids is 1. The molecule has 2 N–H and O–H groups in total. The van der Waals surface area contributed by atoms with Crippen molar-refractivity contribution in [2.75, 3.05) is 24.6 Å². The molecule has 10 heteroatoms. The summed E-state index contributed by atoms with van der Waals surface area (Å²) in [7, 11) is -6.83. The Labute approximate surface area is 114 Å². The third-order valence-corrected chi connectivity index (χ3v) is 8.43. The molecule has 0 aromatic carbocycles. The lowest BCUT2D eigenvalue weighted by Gasteiger charge is -2.15. The molecule has 0 radical (unpaired) electrons. The highest BCUT2D eigenvalue weighted by Gasteiger charge is 2.23. The number of nitrogens with one attached hydrogen (secondary N) is 1. The summed E-state index contributed by atoms with van der Waals surface area (Å²) >= 11 is 0.613. The van der Waals surface area contributed by atoms with E-state index >= 15 is 0 Å². The van der Waals surface area contributed by atoms with Crippen molar-refractivity contribution in [2.45, 2.75) is 4.21 Å². The van der Waals surface area contributed by atoms with Crippen LogP contribution in [0.25, 0.3) is 0 Å². The first kappa shape index (κ1) is 14.4. The van der Waals surface area contributed by atoms with Crippen LogP contribution in [0, 0.1) is 0 Å². The van der Waals surface area contributed by atoms with E-state index in [1.54, 1.807) is 0 Å². The molecule has 0 saturated carbocycles. The van der Waals surface area contributed by atoms with Gasteiger partial charge in [0.25, 0.3) is 10.0 Å². The zero-order valence-corrected chi connectivity index (χ0v) is 12.2. The highest BCUT2D eigenvalue weighted by Crippen LogP contribution is 2.24. The molecule has 0 amide bonds. The second kappa shape index (κ2) is 5.19. The molecular formula is C9H12N2O5S3. The number of carboxylic acid groups (broad SMARTS) is 1. The van der Waals surface area contributed by atoms with E-state index in [-0.39, 0.29) is 20.6 Å². The van der Waals surface area contributed by atoms with Crippen molar-refractivity contribution in [1.82, 2.24) is 5.32 Å². The van der Waals surface area contributed by atoms with E-state index in [0.717, 1.165) is 0 Å². The minimum Gasteiger partial charge on any atom is -0.477 e. The van der Waals surface area contributed by atoms with Crippen molar-refractivity contribution >= 4 is 37.1 Å². The summed E-state index contributed by atoms with van der Waals surface area (Å²) in [5, 5.41) is 11.7. The average Bonchev–Trinajstić information content (AvgIpc) is 2.78. The maximum Gasteiger partial charge on any atom is 0.345 e. The fraction of sp³-hybridized carbons (Fsp3) is 0.444. The first-order chi connectivity index (χ1) is 8.82. The lowest BCUT2D eigenvalue weighted by Crippen LogP contribution is -2.36. The van der Waals surface area contributed by atoms with Gasteiger partial charge in [0.05, 0.1) is 9.73 Å². The Bertz CT molecular complexity index is 700. The SMILES string of the molecule is O=C(O)c1ccc(S(=O)(=O)N=S2(=O)CCNCC2)s1. The molecule has 106 valence electrons. The molecule has 1 aromatic rings. The van der Waals surface area contributed by atoms with Gasteiger partial charge in [0.1, 0.15) is 9.09 Å². The van der Waals surface area contributed by atoms with Crippen molar-refractivity contribution in [3.63, 3.8) is 0 Å². The van der Waals surface area contributed by atoms with E-state index in [1.165, 1.54) is 12.1 Å². The van der Waals surface area contributed by atoms with Gasteiger partial charge in [-0.05, 0) is 12.1 Å². The third-order valence-electron chi connectivity index (χ3n) is 2.48. The maximum absolute atomic E-state index is 12.2. The predicted octanol–water partition coefficient (Wildman–Crippen LogP) is 0.206. The van der Waals surface area contributed by atoms with Gasteiger partial charge in [0, 0.05) is 24.6 Å². The highest BCUT2D eigenvalue weighted by atomic mass is 32.3. The number of nitrogens with zero attached hydrogens (tertiary/aromatic N) is 1. The van der Waals surface area contributed by atoms with Gasteiger partial charge in [0.15, 0.2) is 0 Å². The maximum atomic E-state index is 12.2. The van der Waals surface area contributed by atoms with Crippen LogP contribution in [-0.2, 0) is 19.8 Å². The minimum atomic E-state index is -4.05. The molecule has 1 saturated heterocycles. The van der Waals surface area contributed by atoms with Crippen LogP contribution in [0.1, 0.15) is 9.67 Å². The molecule has 2 rings (SSSR count). The van der Waals surface area contributed by atoms with Gasteiger partial charge in [0.2, 0.25) is 0 Å². The van der Waals surface area contributed by atoms with Crippen molar-refractivity contribution in [2.24, 2.45) is 3.77 Å². The highest BCUT2D eigenvalue weighted by molar-refractivity contribution is 8.04. The number of carboxylic acids is 1.